The van der Waals surface area contributed by atoms with E-state index in [4.69, 9.17) is 9.84 Å². The highest BCUT2D eigenvalue weighted by atomic mass is 32.2. The van der Waals surface area contributed by atoms with E-state index in [0.717, 1.165) is 5.56 Å². The molecular weight excluding hydrogens is 254 g/mol. The highest BCUT2D eigenvalue weighted by Gasteiger charge is 2.18. The van der Waals surface area contributed by atoms with Gasteiger partial charge in [0.2, 0.25) is 10.0 Å². The summed E-state index contributed by atoms with van der Waals surface area (Å²) in [7, 11) is -2.06. The third-order valence-corrected chi connectivity index (χ3v) is 4.12. The summed E-state index contributed by atoms with van der Waals surface area (Å²) in [6.45, 7) is 5.01. The lowest BCUT2D eigenvalue weighted by atomic mass is 10.1. The van der Waals surface area contributed by atoms with E-state index in [9.17, 15) is 8.42 Å². The lowest BCUT2D eigenvalue weighted by molar-refractivity contribution is 0.198. The van der Waals surface area contributed by atoms with Gasteiger partial charge in [0.15, 0.2) is 0 Å². The molecule has 0 saturated carbocycles. The molecule has 0 aromatic heterocycles. The van der Waals surface area contributed by atoms with Crippen LogP contribution in [-0.2, 0) is 10.0 Å². The summed E-state index contributed by atoms with van der Waals surface area (Å²) >= 11 is 0. The molecule has 2 N–H and O–H groups in total. The first-order chi connectivity index (χ1) is 8.27. The number of hydrogen-bond acceptors (Lipinski definition) is 4. The van der Waals surface area contributed by atoms with Gasteiger partial charge in [0.1, 0.15) is 5.75 Å². The van der Waals surface area contributed by atoms with E-state index in [1.165, 1.54) is 6.92 Å². The molecule has 0 amide bonds. The molecule has 0 radical (unpaired) electrons. The van der Waals surface area contributed by atoms with Crippen LogP contribution < -0.4 is 9.46 Å². The van der Waals surface area contributed by atoms with Crippen LogP contribution in [0.2, 0.25) is 0 Å². The molecule has 0 heterocycles. The molecule has 102 valence electrons. The molecule has 0 unspecified atom stereocenters. The van der Waals surface area contributed by atoms with Gasteiger partial charge in [-0.25, -0.2) is 13.1 Å². The first-order valence-corrected chi connectivity index (χ1v) is 7.09. The monoisotopic (exact) mass is 273 g/mol. The van der Waals surface area contributed by atoms with Gasteiger partial charge in [-0.05, 0) is 44.0 Å². The molecule has 18 heavy (non-hydrogen) atoms. The maximum atomic E-state index is 12.0. The van der Waals surface area contributed by atoms with Crippen LogP contribution in [0.25, 0.3) is 0 Å². The summed E-state index contributed by atoms with van der Waals surface area (Å²) in [5.41, 5.74) is 1.36. The first kappa shape index (κ1) is 14.9. The average Bonchev–Trinajstić information content (AvgIpc) is 2.29. The number of aliphatic hydroxyl groups excluding tert-OH is 1. The Bertz CT molecular complexity index is 523. The molecule has 1 rings (SSSR count). The van der Waals surface area contributed by atoms with E-state index in [1.54, 1.807) is 33.1 Å². The zero-order chi connectivity index (χ0) is 13.9. The van der Waals surface area contributed by atoms with Crippen LogP contribution in [0.3, 0.4) is 0 Å². The van der Waals surface area contributed by atoms with Crippen LogP contribution in [0.5, 0.6) is 5.75 Å². The minimum absolute atomic E-state index is 0.00709. The van der Waals surface area contributed by atoms with Crippen LogP contribution in [0.4, 0.5) is 0 Å². The topological polar surface area (TPSA) is 75.6 Å². The summed E-state index contributed by atoms with van der Waals surface area (Å²) in [4.78, 5) is 0.210. The van der Waals surface area contributed by atoms with Gasteiger partial charge in [-0.15, -0.1) is 0 Å². The fourth-order valence-electron chi connectivity index (χ4n) is 1.58. The Balaban J connectivity index is 3.13. The standard InChI is InChI=1S/C12H19NO4S/c1-8-6-12(9(2)5-11(8)17-4)18(15,16)13-7-10(3)14/h5-6,10,13-14H,7H2,1-4H3/t10-/m0/s1. The van der Waals surface area contributed by atoms with E-state index in [1.807, 2.05) is 0 Å². The molecule has 1 atom stereocenters. The molecule has 0 fully saturated rings. The van der Waals surface area contributed by atoms with Crippen LogP contribution in [0.15, 0.2) is 17.0 Å². The number of aryl methyl sites for hydroxylation is 2. The third kappa shape index (κ3) is 3.44. The summed E-state index contributed by atoms with van der Waals surface area (Å²) in [5.74, 6) is 0.655. The number of sulfonamides is 1. The number of nitrogens with one attached hydrogen (secondary N) is 1. The Morgan fingerprint density at radius 1 is 1.33 bits per heavy atom. The van der Waals surface area contributed by atoms with E-state index in [2.05, 4.69) is 4.72 Å². The van der Waals surface area contributed by atoms with Crippen molar-refractivity contribution in [3.05, 3.63) is 23.3 Å². The van der Waals surface area contributed by atoms with Gasteiger partial charge < -0.3 is 9.84 Å². The van der Waals surface area contributed by atoms with E-state index in [-0.39, 0.29) is 11.4 Å². The van der Waals surface area contributed by atoms with Gasteiger partial charge in [0.05, 0.1) is 18.1 Å². The lowest BCUT2D eigenvalue weighted by Gasteiger charge is -2.13. The van der Waals surface area contributed by atoms with Crippen molar-refractivity contribution in [1.82, 2.24) is 4.72 Å². The number of hydrogen-bond donors (Lipinski definition) is 2. The molecule has 6 heteroatoms. The second-order valence-electron chi connectivity index (χ2n) is 4.29. The van der Waals surface area contributed by atoms with Crippen LogP contribution in [0, 0.1) is 13.8 Å². The summed E-state index contributed by atoms with van der Waals surface area (Å²) in [6, 6.07) is 3.25. The van der Waals surface area contributed by atoms with Crippen LogP contribution in [0.1, 0.15) is 18.1 Å². The van der Waals surface area contributed by atoms with Crippen molar-refractivity contribution in [2.75, 3.05) is 13.7 Å². The van der Waals surface area contributed by atoms with Gasteiger partial charge >= 0.3 is 0 Å². The normalized spacial score (nSPS) is 13.4. The largest absolute Gasteiger partial charge is 0.496 e. The summed E-state index contributed by atoms with van der Waals surface area (Å²) in [5, 5.41) is 9.12. The Morgan fingerprint density at radius 2 is 1.94 bits per heavy atom. The zero-order valence-electron chi connectivity index (χ0n) is 11.0. The van der Waals surface area contributed by atoms with Crippen molar-refractivity contribution in [1.29, 1.82) is 0 Å². The Hall–Kier alpha value is -1.11. The molecule has 0 spiro atoms. The fraction of sp³-hybridized carbons (Fsp3) is 0.500. The predicted molar refractivity (Wildman–Crippen MR) is 69.3 cm³/mol. The number of ether oxygens (including phenoxy) is 1. The summed E-state index contributed by atoms with van der Waals surface area (Å²) < 4.78 is 31.6. The second kappa shape index (κ2) is 5.69. The third-order valence-electron chi connectivity index (χ3n) is 2.55. The number of benzene rings is 1. The van der Waals surface area contributed by atoms with Crippen molar-refractivity contribution in [3.8, 4) is 5.75 Å². The van der Waals surface area contributed by atoms with Crippen molar-refractivity contribution in [2.24, 2.45) is 0 Å². The fourth-order valence-corrected chi connectivity index (χ4v) is 3.01. The van der Waals surface area contributed by atoms with E-state index < -0.39 is 16.1 Å². The van der Waals surface area contributed by atoms with Gasteiger partial charge in [0.25, 0.3) is 0 Å². The first-order valence-electron chi connectivity index (χ1n) is 5.61. The van der Waals surface area contributed by atoms with Gasteiger partial charge in [-0.2, -0.15) is 0 Å². The minimum Gasteiger partial charge on any atom is -0.496 e. The maximum Gasteiger partial charge on any atom is 0.240 e. The Morgan fingerprint density at radius 3 is 2.44 bits per heavy atom. The number of rotatable bonds is 5. The maximum absolute atomic E-state index is 12.0. The molecule has 5 nitrogen and oxygen atoms in total. The number of aliphatic hydroxyl groups is 1. The van der Waals surface area contributed by atoms with Gasteiger partial charge in [-0.1, -0.05) is 0 Å². The number of methoxy groups -OCH3 is 1. The van der Waals surface area contributed by atoms with E-state index in [0.29, 0.717) is 11.3 Å². The molecule has 0 saturated heterocycles. The highest BCUT2D eigenvalue weighted by Crippen LogP contribution is 2.25. The van der Waals surface area contributed by atoms with Gasteiger partial charge in [0, 0.05) is 6.54 Å². The van der Waals surface area contributed by atoms with Crippen LogP contribution >= 0.6 is 0 Å². The van der Waals surface area contributed by atoms with Crippen molar-refractivity contribution in [2.45, 2.75) is 31.8 Å². The minimum atomic E-state index is -3.60. The lowest BCUT2D eigenvalue weighted by Crippen LogP contribution is -2.31. The van der Waals surface area contributed by atoms with Crippen molar-refractivity contribution >= 4 is 10.0 Å². The van der Waals surface area contributed by atoms with Crippen molar-refractivity contribution < 1.29 is 18.3 Å². The molecule has 0 aliphatic carbocycles. The second-order valence-corrected chi connectivity index (χ2v) is 6.02. The molecule has 0 aliphatic heterocycles. The van der Waals surface area contributed by atoms with E-state index >= 15 is 0 Å². The summed E-state index contributed by atoms with van der Waals surface area (Å²) in [6.07, 6.45) is -0.723. The van der Waals surface area contributed by atoms with Crippen LogP contribution in [-0.4, -0.2) is 33.3 Å². The Kier molecular flexibility index (Phi) is 4.72. The molecule has 0 aliphatic rings. The predicted octanol–water partition coefficient (Wildman–Crippen LogP) is 0.971. The SMILES string of the molecule is COc1cc(C)c(S(=O)(=O)NC[C@H](C)O)cc1C. The molecular formula is C12H19NO4S. The zero-order valence-corrected chi connectivity index (χ0v) is 11.8. The molecule has 1 aromatic carbocycles. The van der Waals surface area contributed by atoms with Crippen molar-refractivity contribution in [3.63, 3.8) is 0 Å². The average molecular weight is 273 g/mol. The molecule has 0 bridgehead atoms. The van der Waals surface area contributed by atoms with Gasteiger partial charge in [-0.3, -0.25) is 0 Å². The Labute approximate surface area is 108 Å². The highest BCUT2D eigenvalue weighted by molar-refractivity contribution is 7.89. The quantitative estimate of drug-likeness (QED) is 0.838. The molecule has 1 aromatic rings. The smallest absolute Gasteiger partial charge is 0.240 e.